The lowest BCUT2D eigenvalue weighted by molar-refractivity contribution is -0.129. The van der Waals surface area contributed by atoms with Crippen molar-refractivity contribution in [3.05, 3.63) is 18.0 Å². The van der Waals surface area contributed by atoms with E-state index >= 15 is 0 Å². The van der Waals surface area contributed by atoms with Crippen LogP contribution in [-0.4, -0.2) is 58.9 Å². The summed E-state index contributed by atoms with van der Waals surface area (Å²) in [5.41, 5.74) is 0.413. The van der Waals surface area contributed by atoms with Crippen LogP contribution in [0.2, 0.25) is 0 Å². The quantitative estimate of drug-likeness (QED) is 0.893. The number of aromatic nitrogens is 2. The molecule has 1 aromatic rings. The number of rotatable bonds is 3. The Morgan fingerprint density at radius 3 is 2.52 bits per heavy atom. The fourth-order valence-electron chi connectivity index (χ4n) is 3.18. The van der Waals surface area contributed by atoms with Crippen molar-refractivity contribution in [2.75, 3.05) is 31.1 Å². The van der Waals surface area contributed by atoms with Gasteiger partial charge in [-0.05, 0) is 18.9 Å². The van der Waals surface area contributed by atoms with E-state index in [0.29, 0.717) is 37.8 Å². The lowest BCUT2D eigenvalue weighted by atomic mass is 10.2. The molecule has 1 aromatic heterocycles. The first-order valence-electron chi connectivity index (χ1n) is 8.28. The van der Waals surface area contributed by atoms with Gasteiger partial charge in [-0.15, -0.1) is 0 Å². The summed E-state index contributed by atoms with van der Waals surface area (Å²) in [6.07, 6.45) is 6.09. The Morgan fingerprint density at radius 1 is 1.17 bits per heavy atom. The first-order valence-corrected chi connectivity index (χ1v) is 8.28. The largest absolute Gasteiger partial charge is 0.348 e. The van der Waals surface area contributed by atoms with Crippen LogP contribution in [0.1, 0.15) is 43.1 Å². The van der Waals surface area contributed by atoms with Gasteiger partial charge in [-0.2, -0.15) is 0 Å². The normalized spacial score (nSPS) is 19.0. The van der Waals surface area contributed by atoms with Gasteiger partial charge in [0, 0.05) is 45.3 Å². The van der Waals surface area contributed by atoms with E-state index in [4.69, 9.17) is 0 Å². The predicted molar refractivity (Wildman–Crippen MR) is 86.2 cm³/mol. The lowest BCUT2D eigenvalue weighted by Gasteiger charge is -2.34. The molecule has 2 amide bonds. The highest BCUT2D eigenvalue weighted by Gasteiger charge is 2.22. The molecule has 1 saturated carbocycles. The van der Waals surface area contributed by atoms with Gasteiger partial charge < -0.3 is 15.1 Å². The Bertz CT molecular complexity index is 578. The van der Waals surface area contributed by atoms with Crippen molar-refractivity contribution >= 4 is 17.8 Å². The molecule has 0 unspecified atom stereocenters. The zero-order valence-corrected chi connectivity index (χ0v) is 13.5. The summed E-state index contributed by atoms with van der Waals surface area (Å²) in [4.78, 5) is 36.2. The Hall–Kier alpha value is -2.18. The Kier molecular flexibility index (Phi) is 4.73. The maximum Gasteiger partial charge on any atom is 0.270 e. The molecule has 23 heavy (non-hydrogen) atoms. The van der Waals surface area contributed by atoms with Crippen LogP contribution in [0.15, 0.2) is 12.3 Å². The molecule has 7 heteroatoms. The van der Waals surface area contributed by atoms with E-state index in [9.17, 15) is 9.59 Å². The molecule has 1 aliphatic carbocycles. The van der Waals surface area contributed by atoms with Crippen LogP contribution in [0, 0.1) is 0 Å². The number of piperazine rings is 1. The number of carbonyl (C=O) groups excluding carboxylic acids is 2. The van der Waals surface area contributed by atoms with E-state index in [2.05, 4.69) is 15.3 Å². The van der Waals surface area contributed by atoms with E-state index in [0.717, 1.165) is 12.8 Å². The molecule has 0 aromatic carbocycles. The number of hydrogen-bond acceptors (Lipinski definition) is 5. The first kappa shape index (κ1) is 15.7. The number of amides is 2. The fraction of sp³-hybridized carbons (Fsp3) is 0.625. The third-order valence-corrected chi connectivity index (χ3v) is 4.57. The van der Waals surface area contributed by atoms with Crippen molar-refractivity contribution in [2.24, 2.45) is 0 Å². The molecule has 0 radical (unpaired) electrons. The zero-order chi connectivity index (χ0) is 16.2. The summed E-state index contributed by atoms with van der Waals surface area (Å²) in [5.74, 6) is 0.533. The van der Waals surface area contributed by atoms with Crippen LogP contribution in [0.4, 0.5) is 5.95 Å². The molecule has 2 aliphatic rings. The molecule has 124 valence electrons. The second-order valence-corrected chi connectivity index (χ2v) is 6.19. The maximum atomic E-state index is 12.3. The summed E-state index contributed by atoms with van der Waals surface area (Å²) < 4.78 is 0. The highest BCUT2D eigenvalue weighted by molar-refractivity contribution is 5.92. The topological polar surface area (TPSA) is 78.4 Å². The second-order valence-electron chi connectivity index (χ2n) is 6.19. The van der Waals surface area contributed by atoms with Gasteiger partial charge in [0.2, 0.25) is 11.9 Å². The molecule has 1 aliphatic heterocycles. The Morgan fingerprint density at radius 2 is 1.87 bits per heavy atom. The third-order valence-electron chi connectivity index (χ3n) is 4.57. The average Bonchev–Trinajstić information content (AvgIpc) is 3.08. The van der Waals surface area contributed by atoms with E-state index < -0.39 is 0 Å². The van der Waals surface area contributed by atoms with Gasteiger partial charge in [0.25, 0.3) is 5.91 Å². The Balaban J connectivity index is 1.63. The lowest BCUT2D eigenvalue weighted by Crippen LogP contribution is -2.48. The van der Waals surface area contributed by atoms with Crippen LogP contribution < -0.4 is 10.2 Å². The smallest absolute Gasteiger partial charge is 0.270 e. The van der Waals surface area contributed by atoms with Crippen molar-refractivity contribution in [3.8, 4) is 0 Å². The standard InChI is InChI=1S/C16H23N5O2/c1-12(22)20-8-10-21(11-9-20)16-17-7-6-14(19-16)15(23)18-13-4-2-3-5-13/h6-7,13H,2-5,8-11H2,1H3,(H,18,23). The van der Waals surface area contributed by atoms with Gasteiger partial charge in [-0.1, -0.05) is 12.8 Å². The van der Waals surface area contributed by atoms with Gasteiger partial charge in [0.1, 0.15) is 5.69 Å². The fourth-order valence-corrected chi connectivity index (χ4v) is 3.18. The average molecular weight is 317 g/mol. The summed E-state index contributed by atoms with van der Waals surface area (Å²) in [7, 11) is 0. The molecule has 0 atom stereocenters. The van der Waals surface area contributed by atoms with Gasteiger partial charge in [-0.3, -0.25) is 9.59 Å². The molecule has 7 nitrogen and oxygen atoms in total. The highest BCUT2D eigenvalue weighted by Crippen LogP contribution is 2.18. The van der Waals surface area contributed by atoms with Crippen molar-refractivity contribution in [3.63, 3.8) is 0 Å². The minimum Gasteiger partial charge on any atom is -0.348 e. The van der Waals surface area contributed by atoms with Crippen molar-refractivity contribution < 1.29 is 9.59 Å². The molecule has 1 saturated heterocycles. The molecule has 1 N–H and O–H groups in total. The number of hydrogen-bond donors (Lipinski definition) is 1. The molecule has 2 heterocycles. The van der Waals surface area contributed by atoms with Crippen LogP contribution in [0.5, 0.6) is 0 Å². The first-order chi connectivity index (χ1) is 11.1. The third kappa shape index (κ3) is 3.78. The van der Waals surface area contributed by atoms with E-state index in [1.165, 1.54) is 12.8 Å². The summed E-state index contributed by atoms with van der Waals surface area (Å²) in [6, 6.07) is 1.93. The van der Waals surface area contributed by atoms with Crippen molar-refractivity contribution in [2.45, 2.75) is 38.6 Å². The van der Waals surface area contributed by atoms with Crippen molar-refractivity contribution in [1.82, 2.24) is 20.2 Å². The van der Waals surface area contributed by atoms with E-state index in [-0.39, 0.29) is 17.9 Å². The van der Waals surface area contributed by atoms with Crippen LogP contribution >= 0.6 is 0 Å². The van der Waals surface area contributed by atoms with Gasteiger partial charge in [0.15, 0.2) is 0 Å². The molecule has 3 rings (SSSR count). The van der Waals surface area contributed by atoms with Crippen LogP contribution in [0.25, 0.3) is 0 Å². The van der Waals surface area contributed by atoms with Crippen molar-refractivity contribution in [1.29, 1.82) is 0 Å². The Labute approximate surface area is 136 Å². The van der Waals surface area contributed by atoms with Crippen LogP contribution in [-0.2, 0) is 4.79 Å². The number of anilines is 1. The minimum absolute atomic E-state index is 0.0928. The summed E-state index contributed by atoms with van der Waals surface area (Å²) in [6.45, 7) is 4.29. The van der Waals surface area contributed by atoms with Gasteiger partial charge in [-0.25, -0.2) is 9.97 Å². The monoisotopic (exact) mass is 317 g/mol. The number of nitrogens with one attached hydrogen (secondary N) is 1. The van der Waals surface area contributed by atoms with E-state index in [1.807, 2.05) is 9.80 Å². The van der Waals surface area contributed by atoms with Crippen LogP contribution in [0.3, 0.4) is 0 Å². The summed E-state index contributed by atoms with van der Waals surface area (Å²) in [5, 5.41) is 3.05. The molecular weight excluding hydrogens is 294 g/mol. The second kappa shape index (κ2) is 6.93. The maximum absolute atomic E-state index is 12.3. The zero-order valence-electron chi connectivity index (χ0n) is 13.5. The molecule has 2 fully saturated rings. The van der Waals surface area contributed by atoms with E-state index in [1.54, 1.807) is 19.2 Å². The van der Waals surface area contributed by atoms with Gasteiger partial charge in [0.05, 0.1) is 0 Å². The molecule has 0 bridgehead atoms. The molecular formula is C16H23N5O2. The summed E-state index contributed by atoms with van der Waals surface area (Å²) >= 11 is 0. The van der Waals surface area contributed by atoms with Gasteiger partial charge >= 0.3 is 0 Å². The minimum atomic E-state index is -0.122. The number of nitrogens with zero attached hydrogens (tertiary/aromatic N) is 4. The number of carbonyl (C=O) groups is 2. The SMILES string of the molecule is CC(=O)N1CCN(c2nccc(C(=O)NC3CCCC3)n2)CC1. The molecule has 0 spiro atoms. The highest BCUT2D eigenvalue weighted by atomic mass is 16.2. The predicted octanol–water partition coefficient (Wildman–Crippen LogP) is 0.817.